The number of rotatable bonds is 7. The molecular weight excluding hydrogens is 244 g/mol. The SMILES string of the molecule is CCCNC(=O)CN1CCCC(CCC)(C(=O)O)C1. The largest absolute Gasteiger partial charge is 0.481 e. The van der Waals surface area contributed by atoms with Gasteiger partial charge in [-0.1, -0.05) is 20.3 Å². The Bertz CT molecular complexity index is 316. The first-order valence-electron chi connectivity index (χ1n) is 7.26. The minimum absolute atomic E-state index is 0.000428. The van der Waals surface area contributed by atoms with Gasteiger partial charge in [0, 0.05) is 13.1 Å². The van der Waals surface area contributed by atoms with E-state index in [-0.39, 0.29) is 5.91 Å². The fraction of sp³-hybridized carbons (Fsp3) is 0.857. The normalized spacial score (nSPS) is 24.1. The summed E-state index contributed by atoms with van der Waals surface area (Å²) < 4.78 is 0. The maximum atomic E-state index is 11.7. The average molecular weight is 270 g/mol. The number of hydrogen-bond donors (Lipinski definition) is 2. The summed E-state index contributed by atoms with van der Waals surface area (Å²) in [6.07, 6.45) is 4.05. The van der Waals surface area contributed by atoms with Crippen molar-refractivity contribution in [3.8, 4) is 0 Å². The van der Waals surface area contributed by atoms with Crippen LogP contribution in [0.15, 0.2) is 0 Å². The van der Waals surface area contributed by atoms with Crippen LogP contribution in [-0.4, -0.2) is 48.1 Å². The number of likely N-dealkylation sites (tertiary alicyclic amines) is 1. The van der Waals surface area contributed by atoms with Crippen molar-refractivity contribution in [1.29, 1.82) is 0 Å². The zero-order chi connectivity index (χ0) is 14.3. The van der Waals surface area contributed by atoms with E-state index in [0.29, 0.717) is 26.1 Å². The lowest BCUT2D eigenvalue weighted by atomic mass is 9.76. The Labute approximate surface area is 115 Å². The van der Waals surface area contributed by atoms with Gasteiger partial charge in [-0.2, -0.15) is 0 Å². The molecule has 1 amide bonds. The van der Waals surface area contributed by atoms with E-state index in [0.717, 1.165) is 32.2 Å². The van der Waals surface area contributed by atoms with E-state index in [9.17, 15) is 14.7 Å². The number of hydrogen-bond acceptors (Lipinski definition) is 3. The minimum Gasteiger partial charge on any atom is -0.481 e. The predicted molar refractivity (Wildman–Crippen MR) is 74.0 cm³/mol. The van der Waals surface area contributed by atoms with E-state index in [1.807, 2.05) is 18.7 Å². The lowest BCUT2D eigenvalue weighted by Crippen LogP contribution is -2.50. The van der Waals surface area contributed by atoms with Crippen molar-refractivity contribution >= 4 is 11.9 Å². The Hall–Kier alpha value is -1.10. The van der Waals surface area contributed by atoms with Crippen molar-refractivity contribution in [2.45, 2.75) is 46.0 Å². The van der Waals surface area contributed by atoms with Gasteiger partial charge in [-0.3, -0.25) is 14.5 Å². The Morgan fingerprint density at radius 1 is 1.32 bits per heavy atom. The molecule has 1 aliphatic rings. The van der Waals surface area contributed by atoms with Crippen LogP contribution in [0.25, 0.3) is 0 Å². The van der Waals surface area contributed by atoms with Gasteiger partial charge in [-0.25, -0.2) is 0 Å². The van der Waals surface area contributed by atoms with Crippen LogP contribution in [0.1, 0.15) is 46.0 Å². The molecule has 1 fully saturated rings. The summed E-state index contributed by atoms with van der Waals surface area (Å²) in [6.45, 7) is 6.34. The fourth-order valence-electron chi connectivity index (χ4n) is 2.85. The summed E-state index contributed by atoms with van der Waals surface area (Å²) in [4.78, 5) is 25.2. The van der Waals surface area contributed by atoms with Gasteiger partial charge in [0.05, 0.1) is 12.0 Å². The summed E-state index contributed by atoms with van der Waals surface area (Å²) in [6, 6.07) is 0. The molecule has 0 bridgehead atoms. The van der Waals surface area contributed by atoms with Crippen molar-refractivity contribution in [2.75, 3.05) is 26.2 Å². The van der Waals surface area contributed by atoms with E-state index in [2.05, 4.69) is 5.32 Å². The van der Waals surface area contributed by atoms with Crippen LogP contribution in [0.2, 0.25) is 0 Å². The number of amides is 1. The molecule has 1 aliphatic heterocycles. The zero-order valence-electron chi connectivity index (χ0n) is 12.1. The number of aliphatic carboxylic acids is 1. The lowest BCUT2D eigenvalue weighted by molar-refractivity contribution is -0.154. The van der Waals surface area contributed by atoms with Gasteiger partial charge in [0.2, 0.25) is 5.91 Å². The van der Waals surface area contributed by atoms with Crippen molar-refractivity contribution in [3.05, 3.63) is 0 Å². The highest BCUT2D eigenvalue weighted by molar-refractivity contribution is 5.78. The van der Waals surface area contributed by atoms with E-state index in [1.54, 1.807) is 0 Å². The van der Waals surface area contributed by atoms with Gasteiger partial charge < -0.3 is 10.4 Å². The summed E-state index contributed by atoms with van der Waals surface area (Å²) in [5.41, 5.74) is -0.655. The second-order valence-corrected chi connectivity index (χ2v) is 5.50. The molecular formula is C14H26N2O3. The van der Waals surface area contributed by atoms with Gasteiger partial charge in [-0.05, 0) is 32.2 Å². The standard InChI is InChI=1S/C14H26N2O3/c1-3-6-14(13(18)19)7-5-9-16(11-14)10-12(17)15-8-4-2/h3-11H2,1-2H3,(H,15,17)(H,18,19). The van der Waals surface area contributed by atoms with Gasteiger partial charge in [-0.15, -0.1) is 0 Å². The molecule has 19 heavy (non-hydrogen) atoms. The summed E-state index contributed by atoms with van der Waals surface area (Å²) >= 11 is 0. The zero-order valence-corrected chi connectivity index (χ0v) is 12.1. The topological polar surface area (TPSA) is 69.6 Å². The summed E-state index contributed by atoms with van der Waals surface area (Å²) in [5, 5.41) is 12.3. The molecule has 1 saturated heterocycles. The third-order valence-electron chi connectivity index (χ3n) is 3.78. The molecule has 0 aromatic carbocycles. The molecule has 0 spiro atoms. The highest BCUT2D eigenvalue weighted by atomic mass is 16.4. The molecule has 0 aliphatic carbocycles. The molecule has 0 saturated carbocycles. The Kier molecular flexibility index (Phi) is 6.28. The number of carboxylic acids is 1. The van der Waals surface area contributed by atoms with E-state index in [1.165, 1.54) is 0 Å². The first-order valence-corrected chi connectivity index (χ1v) is 7.26. The van der Waals surface area contributed by atoms with E-state index < -0.39 is 11.4 Å². The average Bonchev–Trinajstić information content (AvgIpc) is 2.37. The molecule has 0 radical (unpaired) electrons. The maximum Gasteiger partial charge on any atom is 0.310 e. The lowest BCUT2D eigenvalue weighted by Gasteiger charge is -2.39. The molecule has 1 rings (SSSR count). The number of nitrogens with one attached hydrogen (secondary N) is 1. The van der Waals surface area contributed by atoms with Crippen LogP contribution in [0, 0.1) is 5.41 Å². The van der Waals surface area contributed by atoms with Crippen LogP contribution >= 0.6 is 0 Å². The van der Waals surface area contributed by atoms with Crippen molar-refractivity contribution in [1.82, 2.24) is 10.2 Å². The molecule has 0 aromatic rings. The second-order valence-electron chi connectivity index (χ2n) is 5.50. The molecule has 1 heterocycles. The van der Waals surface area contributed by atoms with Gasteiger partial charge in [0.1, 0.15) is 0 Å². The van der Waals surface area contributed by atoms with Gasteiger partial charge >= 0.3 is 5.97 Å². The minimum atomic E-state index is -0.715. The number of carbonyl (C=O) groups excluding carboxylic acids is 1. The molecule has 5 nitrogen and oxygen atoms in total. The van der Waals surface area contributed by atoms with Crippen molar-refractivity contribution in [3.63, 3.8) is 0 Å². The van der Waals surface area contributed by atoms with Crippen LogP contribution in [-0.2, 0) is 9.59 Å². The van der Waals surface area contributed by atoms with Crippen molar-refractivity contribution in [2.24, 2.45) is 5.41 Å². The number of carboxylic acid groups (broad SMARTS) is 1. The molecule has 5 heteroatoms. The summed E-state index contributed by atoms with van der Waals surface area (Å²) in [5.74, 6) is -0.715. The van der Waals surface area contributed by atoms with Crippen LogP contribution in [0.5, 0.6) is 0 Å². The van der Waals surface area contributed by atoms with Crippen molar-refractivity contribution < 1.29 is 14.7 Å². The predicted octanol–water partition coefficient (Wildman–Crippen LogP) is 1.48. The molecule has 1 unspecified atom stereocenters. The first-order chi connectivity index (χ1) is 9.04. The first kappa shape index (κ1) is 16.0. The molecule has 110 valence electrons. The van der Waals surface area contributed by atoms with E-state index >= 15 is 0 Å². The number of nitrogens with zero attached hydrogens (tertiary/aromatic N) is 1. The second kappa shape index (κ2) is 7.48. The number of piperidine rings is 1. The summed E-state index contributed by atoms with van der Waals surface area (Å²) in [7, 11) is 0. The Balaban J connectivity index is 2.57. The van der Waals surface area contributed by atoms with Crippen LogP contribution in [0.4, 0.5) is 0 Å². The highest BCUT2D eigenvalue weighted by Gasteiger charge is 2.41. The molecule has 0 aromatic heterocycles. The van der Waals surface area contributed by atoms with Gasteiger partial charge in [0.15, 0.2) is 0 Å². The van der Waals surface area contributed by atoms with Gasteiger partial charge in [0.25, 0.3) is 0 Å². The Morgan fingerprint density at radius 2 is 2.05 bits per heavy atom. The van der Waals surface area contributed by atoms with Crippen LogP contribution < -0.4 is 5.32 Å². The third-order valence-corrected chi connectivity index (χ3v) is 3.78. The molecule has 2 N–H and O–H groups in total. The smallest absolute Gasteiger partial charge is 0.310 e. The van der Waals surface area contributed by atoms with Crippen LogP contribution in [0.3, 0.4) is 0 Å². The fourth-order valence-corrected chi connectivity index (χ4v) is 2.85. The maximum absolute atomic E-state index is 11.7. The number of carbonyl (C=O) groups is 2. The Morgan fingerprint density at radius 3 is 2.63 bits per heavy atom. The molecule has 1 atom stereocenters. The van der Waals surface area contributed by atoms with E-state index in [4.69, 9.17) is 0 Å². The highest BCUT2D eigenvalue weighted by Crippen LogP contribution is 2.34. The monoisotopic (exact) mass is 270 g/mol. The quantitative estimate of drug-likeness (QED) is 0.735. The third kappa shape index (κ3) is 4.49.